The summed E-state index contributed by atoms with van der Waals surface area (Å²) in [6, 6.07) is 8.05. The average Bonchev–Trinajstić information content (AvgIpc) is 2.69. The summed E-state index contributed by atoms with van der Waals surface area (Å²) in [5.41, 5.74) is 0.0363. The van der Waals surface area contributed by atoms with Crippen LogP contribution in [0.15, 0.2) is 45.6 Å². The molecule has 0 aliphatic rings. The molecule has 0 saturated carbocycles. The van der Waals surface area contributed by atoms with Gasteiger partial charge in [-0.25, -0.2) is 9.59 Å². The predicted octanol–water partition coefficient (Wildman–Crippen LogP) is 2.52. The number of phenols is 2. The van der Waals surface area contributed by atoms with Crippen LogP contribution < -0.4 is 10.9 Å². The third-order valence-corrected chi connectivity index (χ3v) is 4.98. The van der Waals surface area contributed by atoms with Gasteiger partial charge in [0.05, 0.1) is 12.0 Å². The van der Waals surface area contributed by atoms with E-state index < -0.39 is 41.5 Å². The van der Waals surface area contributed by atoms with Crippen molar-refractivity contribution in [2.45, 2.75) is 25.8 Å². The third kappa shape index (κ3) is 4.38. The van der Waals surface area contributed by atoms with Gasteiger partial charge in [-0.1, -0.05) is 23.7 Å². The van der Waals surface area contributed by atoms with Crippen molar-refractivity contribution in [2.24, 2.45) is 0 Å². The van der Waals surface area contributed by atoms with Crippen LogP contribution in [0.1, 0.15) is 16.7 Å². The number of hydrogen-bond acceptors (Lipinski definition) is 6. The van der Waals surface area contributed by atoms with Gasteiger partial charge in [0.15, 0.2) is 11.3 Å². The minimum atomic E-state index is -1.22. The van der Waals surface area contributed by atoms with Crippen molar-refractivity contribution in [1.82, 2.24) is 5.32 Å². The molecule has 0 aliphatic heterocycles. The molecule has 0 fully saturated rings. The van der Waals surface area contributed by atoms with Gasteiger partial charge in [-0.3, -0.25) is 4.79 Å². The molecular formula is C21H18ClNO7. The lowest BCUT2D eigenvalue weighted by atomic mass is 10.0. The van der Waals surface area contributed by atoms with Crippen molar-refractivity contribution in [3.63, 3.8) is 0 Å². The zero-order valence-corrected chi connectivity index (χ0v) is 16.6. The Morgan fingerprint density at radius 1 is 1.13 bits per heavy atom. The second-order valence-corrected chi connectivity index (χ2v) is 7.21. The number of fused-ring (bicyclic) bond motifs is 1. The molecule has 0 spiro atoms. The number of rotatable bonds is 6. The van der Waals surface area contributed by atoms with Crippen LogP contribution in [-0.2, 0) is 22.4 Å². The Morgan fingerprint density at radius 3 is 2.43 bits per heavy atom. The highest BCUT2D eigenvalue weighted by molar-refractivity contribution is 6.30. The van der Waals surface area contributed by atoms with E-state index >= 15 is 0 Å². The standard InChI is InChI=1S/C21H18ClNO7/c1-10-13-6-7-16(24)18(26)19(13)30-21(29)14(10)9-17(25)23-15(20(27)28)8-11-2-4-12(22)5-3-11/h2-7,15,24,26H,8-9H2,1H3,(H,23,25)(H,27,28). The predicted molar refractivity (Wildman–Crippen MR) is 109 cm³/mol. The highest BCUT2D eigenvalue weighted by Gasteiger charge is 2.23. The number of carbonyl (C=O) groups excluding carboxylic acids is 1. The Balaban J connectivity index is 1.83. The summed E-state index contributed by atoms with van der Waals surface area (Å²) in [6.45, 7) is 1.57. The quantitative estimate of drug-likeness (QED) is 0.347. The number of aliphatic carboxylic acids is 1. The van der Waals surface area contributed by atoms with Gasteiger partial charge < -0.3 is 25.1 Å². The van der Waals surface area contributed by atoms with Gasteiger partial charge in [0.1, 0.15) is 6.04 Å². The Morgan fingerprint density at radius 2 is 1.80 bits per heavy atom. The molecule has 0 aliphatic carbocycles. The van der Waals surface area contributed by atoms with E-state index in [1.807, 2.05) is 0 Å². The molecule has 1 unspecified atom stereocenters. The maximum Gasteiger partial charge on any atom is 0.340 e. The van der Waals surface area contributed by atoms with Crippen LogP contribution in [0.2, 0.25) is 5.02 Å². The van der Waals surface area contributed by atoms with Crippen molar-refractivity contribution < 1.29 is 29.3 Å². The molecule has 1 atom stereocenters. The van der Waals surface area contributed by atoms with E-state index in [4.69, 9.17) is 16.0 Å². The summed E-state index contributed by atoms with van der Waals surface area (Å²) < 4.78 is 5.07. The summed E-state index contributed by atoms with van der Waals surface area (Å²) in [6.07, 6.45) is -0.368. The first-order chi connectivity index (χ1) is 14.2. The van der Waals surface area contributed by atoms with E-state index in [9.17, 15) is 29.7 Å². The van der Waals surface area contributed by atoms with Gasteiger partial charge in [-0.2, -0.15) is 0 Å². The number of phenolic OH excluding ortho intramolecular Hbond substituents is 2. The number of carboxylic acid groups (broad SMARTS) is 1. The van der Waals surface area contributed by atoms with Gasteiger partial charge >= 0.3 is 11.6 Å². The molecular weight excluding hydrogens is 414 g/mol. The molecule has 1 amide bonds. The molecule has 0 radical (unpaired) electrons. The molecule has 8 nitrogen and oxygen atoms in total. The molecule has 30 heavy (non-hydrogen) atoms. The first-order valence-corrected chi connectivity index (χ1v) is 9.29. The van der Waals surface area contributed by atoms with E-state index in [2.05, 4.69) is 5.32 Å². The fourth-order valence-corrected chi connectivity index (χ4v) is 3.22. The maximum absolute atomic E-state index is 12.5. The number of amides is 1. The van der Waals surface area contributed by atoms with Crippen LogP contribution in [0.25, 0.3) is 11.0 Å². The van der Waals surface area contributed by atoms with Gasteiger partial charge in [0.2, 0.25) is 11.7 Å². The molecule has 3 rings (SSSR count). The summed E-state index contributed by atoms with van der Waals surface area (Å²) >= 11 is 5.82. The fraction of sp³-hybridized carbons (Fsp3) is 0.190. The van der Waals surface area contributed by atoms with Crippen molar-refractivity contribution in [2.75, 3.05) is 0 Å². The van der Waals surface area contributed by atoms with Crippen molar-refractivity contribution in [3.8, 4) is 11.5 Å². The molecule has 2 aromatic carbocycles. The smallest absolute Gasteiger partial charge is 0.340 e. The number of benzene rings is 2. The Bertz CT molecular complexity index is 1180. The molecule has 9 heteroatoms. The lowest BCUT2D eigenvalue weighted by Gasteiger charge is -2.15. The summed E-state index contributed by atoms with van der Waals surface area (Å²) in [4.78, 5) is 36.4. The summed E-state index contributed by atoms with van der Waals surface area (Å²) in [5, 5.41) is 32.1. The lowest BCUT2D eigenvalue weighted by Crippen LogP contribution is -2.43. The number of aryl methyl sites for hydroxylation is 1. The van der Waals surface area contributed by atoms with Crippen LogP contribution in [0.5, 0.6) is 11.5 Å². The largest absolute Gasteiger partial charge is 0.504 e. The SMILES string of the molecule is Cc1c(CC(=O)NC(Cc2ccc(Cl)cc2)C(=O)O)c(=O)oc2c(O)c(O)ccc12. The van der Waals surface area contributed by atoms with Crippen molar-refractivity contribution in [1.29, 1.82) is 0 Å². The highest BCUT2D eigenvalue weighted by atomic mass is 35.5. The maximum atomic E-state index is 12.5. The second-order valence-electron chi connectivity index (χ2n) is 6.77. The third-order valence-electron chi connectivity index (χ3n) is 4.73. The van der Waals surface area contributed by atoms with Crippen LogP contribution in [0.3, 0.4) is 0 Å². The van der Waals surface area contributed by atoms with Crippen LogP contribution in [0, 0.1) is 6.92 Å². The molecule has 0 saturated heterocycles. The van der Waals surface area contributed by atoms with Crippen LogP contribution in [-0.4, -0.2) is 33.2 Å². The summed E-state index contributed by atoms with van der Waals surface area (Å²) in [7, 11) is 0. The summed E-state index contributed by atoms with van der Waals surface area (Å²) in [5.74, 6) is -2.91. The highest BCUT2D eigenvalue weighted by Crippen LogP contribution is 2.34. The molecule has 1 heterocycles. The Hall–Kier alpha value is -3.52. The number of hydrogen-bond donors (Lipinski definition) is 4. The minimum Gasteiger partial charge on any atom is -0.504 e. The van der Waals surface area contributed by atoms with E-state index in [1.54, 1.807) is 31.2 Å². The first kappa shape index (κ1) is 21.2. The number of aromatic hydroxyl groups is 2. The van der Waals surface area contributed by atoms with Crippen LogP contribution >= 0.6 is 11.6 Å². The first-order valence-electron chi connectivity index (χ1n) is 8.91. The normalized spacial score (nSPS) is 11.9. The molecule has 4 N–H and O–H groups in total. The molecule has 1 aromatic heterocycles. The van der Waals surface area contributed by atoms with E-state index in [0.29, 0.717) is 21.5 Å². The van der Waals surface area contributed by atoms with Crippen molar-refractivity contribution in [3.05, 3.63) is 68.5 Å². The number of halogens is 1. The zero-order chi connectivity index (χ0) is 22.0. The topological polar surface area (TPSA) is 137 Å². The molecule has 0 bridgehead atoms. The average molecular weight is 432 g/mol. The minimum absolute atomic E-state index is 0.0284. The lowest BCUT2D eigenvalue weighted by molar-refractivity contribution is -0.141. The van der Waals surface area contributed by atoms with Crippen LogP contribution in [0.4, 0.5) is 0 Å². The van der Waals surface area contributed by atoms with Gasteiger partial charge in [0, 0.05) is 16.8 Å². The van der Waals surface area contributed by atoms with Gasteiger partial charge in [0.25, 0.3) is 0 Å². The van der Waals surface area contributed by atoms with Gasteiger partial charge in [-0.05, 0) is 42.3 Å². The van der Waals surface area contributed by atoms with E-state index in [0.717, 1.165) is 0 Å². The number of carboxylic acids is 1. The Labute approximate surface area is 175 Å². The van der Waals surface area contributed by atoms with E-state index in [1.165, 1.54) is 12.1 Å². The van der Waals surface area contributed by atoms with Gasteiger partial charge in [-0.15, -0.1) is 0 Å². The van der Waals surface area contributed by atoms with E-state index in [-0.39, 0.29) is 17.6 Å². The zero-order valence-electron chi connectivity index (χ0n) is 15.8. The fourth-order valence-electron chi connectivity index (χ4n) is 3.10. The number of nitrogens with one attached hydrogen (secondary N) is 1. The second kappa shape index (κ2) is 8.46. The number of carbonyl (C=O) groups is 2. The monoisotopic (exact) mass is 431 g/mol. The molecule has 156 valence electrons. The van der Waals surface area contributed by atoms with Crippen molar-refractivity contribution >= 4 is 34.4 Å². The Kier molecular flexibility index (Phi) is 5.98. The molecule has 3 aromatic rings.